The third-order valence-corrected chi connectivity index (χ3v) is 5.42. The van der Waals surface area contributed by atoms with Crippen LogP contribution < -0.4 is 16.3 Å². The third-order valence-electron chi connectivity index (χ3n) is 5.42. The van der Waals surface area contributed by atoms with Crippen molar-refractivity contribution in [3.05, 3.63) is 137 Å². The van der Waals surface area contributed by atoms with Gasteiger partial charge >= 0.3 is 0 Å². The lowest BCUT2D eigenvalue weighted by Gasteiger charge is -2.13. The van der Waals surface area contributed by atoms with Crippen LogP contribution in [0.25, 0.3) is 0 Å². The van der Waals surface area contributed by atoms with Crippen molar-refractivity contribution in [3.63, 3.8) is 0 Å². The molecule has 2 amide bonds. The summed E-state index contributed by atoms with van der Waals surface area (Å²) in [5.74, 6) is -1.76. The summed E-state index contributed by atoms with van der Waals surface area (Å²) in [6.07, 6.45) is 0. The van der Waals surface area contributed by atoms with Gasteiger partial charge in [0.15, 0.2) is 0 Å². The molecule has 4 rings (SSSR count). The molecular weight excluding hydrogens is 473 g/mol. The van der Waals surface area contributed by atoms with E-state index in [-0.39, 0.29) is 25.3 Å². The number of hydrogen-bond acceptors (Lipinski definition) is 5. The fraction of sp³-hybridized carbons (Fsp3) is 0.103. The Morgan fingerprint density at radius 3 is 1.78 bits per heavy atom. The summed E-state index contributed by atoms with van der Waals surface area (Å²) in [6, 6.07) is 30.0. The summed E-state index contributed by atoms with van der Waals surface area (Å²) in [7, 11) is 0. The second-order valence-electron chi connectivity index (χ2n) is 8.12. The highest BCUT2D eigenvalue weighted by Crippen LogP contribution is 2.18. The first-order valence-corrected chi connectivity index (χ1v) is 11.6. The molecule has 0 atom stereocenters. The van der Waals surface area contributed by atoms with Gasteiger partial charge in [0.25, 0.3) is 11.8 Å². The minimum Gasteiger partial charge on any atom is -0.380 e. The van der Waals surface area contributed by atoms with Crippen LogP contribution in [0.2, 0.25) is 0 Å². The van der Waals surface area contributed by atoms with E-state index in [0.29, 0.717) is 16.8 Å². The zero-order valence-corrected chi connectivity index (χ0v) is 19.9. The van der Waals surface area contributed by atoms with E-state index >= 15 is 0 Å². The van der Waals surface area contributed by atoms with Crippen LogP contribution >= 0.6 is 0 Å². The number of carbonyl (C=O) groups excluding carboxylic acids is 2. The lowest BCUT2D eigenvalue weighted by molar-refractivity contribution is 0.0229. The van der Waals surface area contributed by atoms with E-state index in [1.54, 1.807) is 30.3 Å². The Morgan fingerprint density at radius 2 is 1.16 bits per heavy atom. The Balaban J connectivity index is 1.33. The maximum atomic E-state index is 14.3. The number of nitrogens with one attached hydrogen (secondary N) is 3. The maximum Gasteiger partial charge on any atom is 0.277 e. The topological polar surface area (TPSA) is 88.7 Å². The number of anilines is 1. The standard InChI is InChI=1S/C29H26FN3O4/c30-26-16-15-23(17-25(26)29(35)33-37-20-22-11-5-2-6-12-22)18-31-27-14-8-7-13-24(27)28(34)32-36-19-21-9-3-1-4-10-21/h1-17,31H,18-20H2,(H,32,34)(H,33,35). The second-order valence-corrected chi connectivity index (χ2v) is 8.12. The molecule has 4 aromatic rings. The summed E-state index contributed by atoms with van der Waals surface area (Å²) >= 11 is 0. The van der Waals surface area contributed by atoms with E-state index in [0.717, 1.165) is 11.1 Å². The van der Waals surface area contributed by atoms with Crippen molar-refractivity contribution in [2.75, 3.05) is 5.32 Å². The smallest absolute Gasteiger partial charge is 0.277 e. The third kappa shape index (κ3) is 7.47. The van der Waals surface area contributed by atoms with E-state index in [9.17, 15) is 14.0 Å². The van der Waals surface area contributed by atoms with Crippen LogP contribution in [-0.2, 0) is 29.4 Å². The molecule has 0 fully saturated rings. The minimum absolute atomic E-state index is 0.146. The summed E-state index contributed by atoms with van der Waals surface area (Å²) in [4.78, 5) is 35.7. The van der Waals surface area contributed by atoms with Gasteiger partial charge in [0, 0.05) is 12.2 Å². The molecule has 7 nitrogen and oxygen atoms in total. The number of para-hydroxylation sites is 1. The molecule has 0 aliphatic heterocycles. The van der Waals surface area contributed by atoms with Crippen LogP contribution in [0.1, 0.15) is 37.4 Å². The molecule has 8 heteroatoms. The van der Waals surface area contributed by atoms with Crippen molar-refractivity contribution in [1.82, 2.24) is 11.0 Å². The lowest BCUT2D eigenvalue weighted by Crippen LogP contribution is -2.25. The van der Waals surface area contributed by atoms with Crippen LogP contribution in [0, 0.1) is 5.82 Å². The lowest BCUT2D eigenvalue weighted by atomic mass is 10.1. The van der Waals surface area contributed by atoms with E-state index in [1.807, 2.05) is 60.7 Å². The fourth-order valence-electron chi connectivity index (χ4n) is 3.52. The Morgan fingerprint density at radius 1 is 0.622 bits per heavy atom. The van der Waals surface area contributed by atoms with Crippen molar-refractivity contribution >= 4 is 17.5 Å². The van der Waals surface area contributed by atoms with Crippen molar-refractivity contribution in [2.24, 2.45) is 0 Å². The quantitative estimate of drug-likeness (QED) is 0.248. The molecule has 188 valence electrons. The van der Waals surface area contributed by atoms with E-state index in [1.165, 1.54) is 12.1 Å². The second kappa shape index (κ2) is 13.0. The molecule has 0 heterocycles. The van der Waals surface area contributed by atoms with Crippen molar-refractivity contribution < 1.29 is 23.7 Å². The van der Waals surface area contributed by atoms with Crippen LogP contribution in [0.4, 0.5) is 10.1 Å². The molecular formula is C29H26FN3O4. The predicted molar refractivity (Wildman–Crippen MR) is 138 cm³/mol. The molecule has 0 unspecified atom stereocenters. The SMILES string of the molecule is O=C(NOCc1ccccc1)c1cc(CNc2ccccc2C(=O)NOCc2ccccc2)ccc1F. The molecule has 4 aromatic carbocycles. The maximum absolute atomic E-state index is 14.3. The molecule has 3 N–H and O–H groups in total. The summed E-state index contributed by atoms with van der Waals surface area (Å²) in [6.45, 7) is 0.640. The number of carbonyl (C=O) groups is 2. The van der Waals surface area contributed by atoms with E-state index in [4.69, 9.17) is 9.68 Å². The van der Waals surface area contributed by atoms with Crippen LogP contribution in [0.15, 0.2) is 103 Å². The Kier molecular flexibility index (Phi) is 8.96. The van der Waals surface area contributed by atoms with Crippen LogP contribution in [-0.4, -0.2) is 11.8 Å². The predicted octanol–water partition coefficient (Wildman–Crippen LogP) is 5.16. The zero-order valence-electron chi connectivity index (χ0n) is 19.9. The van der Waals surface area contributed by atoms with E-state index in [2.05, 4.69) is 16.3 Å². The average Bonchev–Trinajstić information content (AvgIpc) is 2.94. The molecule has 0 saturated heterocycles. The minimum atomic E-state index is -0.689. The number of benzene rings is 4. The number of rotatable bonds is 11. The van der Waals surface area contributed by atoms with E-state index < -0.39 is 17.6 Å². The van der Waals surface area contributed by atoms with Gasteiger partial charge in [-0.05, 0) is 41.0 Å². The van der Waals surface area contributed by atoms with Gasteiger partial charge in [0.2, 0.25) is 0 Å². The number of amides is 2. The van der Waals surface area contributed by atoms with Gasteiger partial charge in [-0.1, -0.05) is 78.9 Å². The van der Waals surface area contributed by atoms with Crippen molar-refractivity contribution in [1.29, 1.82) is 0 Å². The number of hydroxylamine groups is 2. The van der Waals surface area contributed by atoms with Gasteiger partial charge in [-0.15, -0.1) is 0 Å². The molecule has 0 aliphatic carbocycles. The Hall–Kier alpha value is -4.53. The summed E-state index contributed by atoms with van der Waals surface area (Å²) in [5.41, 5.74) is 7.97. The monoisotopic (exact) mass is 499 g/mol. The number of hydrogen-bond donors (Lipinski definition) is 3. The summed E-state index contributed by atoms with van der Waals surface area (Å²) < 4.78 is 14.3. The molecule has 0 aliphatic rings. The van der Waals surface area contributed by atoms with Gasteiger partial charge < -0.3 is 5.32 Å². The molecule has 0 bridgehead atoms. The van der Waals surface area contributed by atoms with Gasteiger partial charge in [-0.25, -0.2) is 15.4 Å². The first kappa shape index (κ1) is 25.6. The molecule has 0 radical (unpaired) electrons. The van der Waals surface area contributed by atoms with Gasteiger partial charge in [0.05, 0.1) is 24.3 Å². The highest BCUT2D eigenvalue weighted by Gasteiger charge is 2.14. The molecule has 0 aromatic heterocycles. The highest BCUT2D eigenvalue weighted by molar-refractivity contribution is 5.99. The normalized spacial score (nSPS) is 10.5. The van der Waals surface area contributed by atoms with Crippen LogP contribution in [0.3, 0.4) is 0 Å². The molecule has 37 heavy (non-hydrogen) atoms. The van der Waals surface area contributed by atoms with Gasteiger partial charge in [-0.3, -0.25) is 19.3 Å². The highest BCUT2D eigenvalue weighted by atomic mass is 19.1. The van der Waals surface area contributed by atoms with Crippen molar-refractivity contribution in [3.8, 4) is 0 Å². The Labute approximate surface area is 214 Å². The fourth-order valence-corrected chi connectivity index (χ4v) is 3.52. The van der Waals surface area contributed by atoms with Crippen LogP contribution in [0.5, 0.6) is 0 Å². The first-order chi connectivity index (χ1) is 18.1. The average molecular weight is 500 g/mol. The van der Waals surface area contributed by atoms with Gasteiger partial charge in [-0.2, -0.15) is 0 Å². The molecule has 0 saturated carbocycles. The first-order valence-electron chi connectivity index (χ1n) is 11.6. The largest absolute Gasteiger partial charge is 0.380 e. The van der Waals surface area contributed by atoms with Gasteiger partial charge in [0.1, 0.15) is 5.82 Å². The van der Waals surface area contributed by atoms with Crippen molar-refractivity contribution in [2.45, 2.75) is 19.8 Å². The Bertz CT molecular complexity index is 1330. The summed E-state index contributed by atoms with van der Waals surface area (Å²) in [5, 5.41) is 3.17. The molecule has 0 spiro atoms. The zero-order chi connectivity index (χ0) is 25.9. The number of halogens is 1.